The van der Waals surface area contributed by atoms with Gasteiger partial charge in [0, 0.05) is 29.1 Å². The second-order valence-corrected chi connectivity index (χ2v) is 7.39. The SMILES string of the molecule is CCCCc1ccc(N2C(=O)c3ccccc3NC2c2cccc([N+](=O)[O-])c2)cc1. The highest BCUT2D eigenvalue weighted by Gasteiger charge is 2.34. The van der Waals surface area contributed by atoms with E-state index in [0.717, 1.165) is 30.6 Å². The van der Waals surface area contributed by atoms with Gasteiger partial charge in [0.25, 0.3) is 11.6 Å². The van der Waals surface area contributed by atoms with E-state index in [-0.39, 0.29) is 11.6 Å². The molecule has 1 atom stereocenters. The van der Waals surface area contributed by atoms with E-state index >= 15 is 0 Å². The quantitative estimate of drug-likeness (QED) is 0.424. The number of fused-ring (bicyclic) bond motifs is 1. The van der Waals surface area contributed by atoms with Crippen molar-refractivity contribution >= 4 is 23.0 Å². The number of amides is 1. The van der Waals surface area contributed by atoms with E-state index in [4.69, 9.17) is 0 Å². The van der Waals surface area contributed by atoms with Gasteiger partial charge in [0.1, 0.15) is 6.17 Å². The first-order valence-corrected chi connectivity index (χ1v) is 10.1. The van der Waals surface area contributed by atoms with Crippen molar-refractivity contribution in [2.24, 2.45) is 0 Å². The Kier molecular flexibility index (Phi) is 5.48. The minimum atomic E-state index is -0.547. The molecule has 1 unspecified atom stereocenters. The number of benzene rings is 3. The van der Waals surface area contributed by atoms with Crippen molar-refractivity contribution in [2.45, 2.75) is 32.4 Å². The molecule has 0 aromatic heterocycles. The van der Waals surface area contributed by atoms with E-state index in [9.17, 15) is 14.9 Å². The van der Waals surface area contributed by atoms with Gasteiger partial charge in [-0.15, -0.1) is 0 Å². The maximum atomic E-state index is 13.4. The van der Waals surface area contributed by atoms with E-state index < -0.39 is 11.1 Å². The third-order valence-corrected chi connectivity index (χ3v) is 5.36. The highest BCUT2D eigenvalue weighted by molar-refractivity contribution is 6.12. The molecule has 3 aromatic carbocycles. The van der Waals surface area contributed by atoms with Crippen LogP contribution in [0, 0.1) is 10.1 Å². The maximum absolute atomic E-state index is 13.4. The summed E-state index contributed by atoms with van der Waals surface area (Å²) in [6, 6.07) is 21.7. The summed E-state index contributed by atoms with van der Waals surface area (Å²) >= 11 is 0. The fraction of sp³-hybridized carbons (Fsp3) is 0.208. The van der Waals surface area contributed by atoms with Crippen LogP contribution in [0.25, 0.3) is 0 Å². The van der Waals surface area contributed by atoms with Crippen molar-refractivity contribution in [3.8, 4) is 0 Å². The molecule has 1 aliphatic heterocycles. The van der Waals surface area contributed by atoms with E-state index in [2.05, 4.69) is 12.2 Å². The summed E-state index contributed by atoms with van der Waals surface area (Å²) < 4.78 is 0. The average molecular weight is 401 g/mol. The van der Waals surface area contributed by atoms with Crippen LogP contribution in [0.4, 0.5) is 17.1 Å². The molecule has 0 bridgehead atoms. The molecule has 30 heavy (non-hydrogen) atoms. The van der Waals surface area contributed by atoms with Crippen molar-refractivity contribution in [1.29, 1.82) is 0 Å². The monoisotopic (exact) mass is 401 g/mol. The van der Waals surface area contributed by atoms with Gasteiger partial charge in [0.15, 0.2) is 0 Å². The number of hydrogen-bond donors (Lipinski definition) is 1. The first kappa shape index (κ1) is 19.6. The average Bonchev–Trinajstić information content (AvgIpc) is 2.78. The van der Waals surface area contributed by atoms with Gasteiger partial charge in [-0.2, -0.15) is 0 Å². The molecule has 0 fully saturated rings. The fourth-order valence-electron chi connectivity index (χ4n) is 3.77. The van der Waals surface area contributed by atoms with Crippen LogP contribution in [0.5, 0.6) is 0 Å². The first-order chi connectivity index (χ1) is 14.6. The highest BCUT2D eigenvalue weighted by Crippen LogP contribution is 2.37. The van der Waals surface area contributed by atoms with Gasteiger partial charge in [-0.05, 0) is 42.7 Å². The molecule has 6 heteroatoms. The van der Waals surface area contributed by atoms with Crippen molar-refractivity contribution in [3.63, 3.8) is 0 Å². The first-order valence-electron chi connectivity index (χ1n) is 10.1. The lowest BCUT2D eigenvalue weighted by Crippen LogP contribution is -2.43. The van der Waals surface area contributed by atoms with Crippen molar-refractivity contribution in [3.05, 3.63) is 99.6 Å². The molecule has 1 aliphatic rings. The summed E-state index contributed by atoms with van der Waals surface area (Å²) in [5.41, 5.74) is 3.92. The Balaban J connectivity index is 1.77. The molecular formula is C24H23N3O3. The fourth-order valence-corrected chi connectivity index (χ4v) is 3.77. The van der Waals surface area contributed by atoms with Gasteiger partial charge < -0.3 is 5.32 Å². The molecule has 1 amide bonds. The Morgan fingerprint density at radius 3 is 2.53 bits per heavy atom. The zero-order chi connectivity index (χ0) is 21.1. The second-order valence-electron chi connectivity index (χ2n) is 7.39. The summed E-state index contributed by atoms with van der Waals surface area (Å²) in [6.45, 7) is 2.16. The number of aryl methyl sites for hydroxylation is 1. The number of carbonyl (C=O) groups excluding carboxylic acids is 1. The number of rotatable bonds is 6. The number of non-ortho nitro benzene ring substituents is 1. The molecule has 152 valence electrons. The Hall–Kier alpha value is -3.67. The molecule has 0 aliphatic carbocycles. The Bertz CT molecular complexity index is 1080. The lowest BCUT2D eigenvalue weighted by Gasteiger charge is -2.38. The van der Waals surface area contributed by atoms with Crippen LogP contribution in [0.15, 0.2) is 72.8 Å². The molecule has 6 nitrogen and oxygen atoms in total. The van der Waals surface area contributed by atoms with Gasteiger partial charge in [0.05, 0.1) is 10.5 Å². The van der Waals surface area contributed by atoms with Crippen LogP contribution in [0.2, 0.25) is 0 Å². The van der Waals surface area contributed by atoms with Gasteiger partial charge in [-0.25, -0.2) is 0 Å². The normalized spacial score (nSPS) is 15.4. The maximum Gasteiger partial charge on any atom is 0.269 e. The van der Waals surface area contributed by atoms with Crippen LogP contribution in [0.3, 0.4) is 0 Å². The van der Waals surface area contributed by atoms with Gasteiger partial charge in [0.2, 0.25) is 0 Å². The number of para-hydroxylation sites is 1. The Labute approximate surface area is 175 Å². The minimum Gasteiger partial charge on any atom is -0.360 e. The molecular weight excluding hydrogens is 378 g/mol. The topological polar surface area (TPSA) is 75.5 Å². The van der Waals surface area contributed by atoms with Crippen LogP contribution >= 0.6 is 0 Å². The number of nitro groups is 1. The molecule has 0 radical (unpaired) electrons. The predicted molar refractivity (Wildman–Crippen MR) is 118 cm³/mol. The molecule has 0 spiro atoms. The van der Waals surface area contributed by atoms with Crippen LogP contribution in [0.1, 0.15) is 47.4 Å². The number of carbonyl (C=O) groups is 1. The largest absolute Gasteiger partial charge is 0.360 e. The second kappa shape index (κ2) is 8.37. The summed E-state index contributed by atoms with van der Waals surface area (Å²) in [4.78, 5) is 26.0. The number of unbranched alkanes of at least 4 members (excludes halogenated alkanes) is 1. The zero-order valence-corrected chi connectivity index (χ0v) is 16.7. The van der Waals surface area contributed by atoms with E-state index in [0.29, 0.717) is 11.1 Å². The molecule has 1 N–H and O–H groups in total. The summed E-state index contributed by atoms with van der Waals surface area (Å²) in [5, 5.41) is 14.7. The summed E-state index contributed by atoms with van der Waals surface area (Å²) in [5.74, 6) is -0.137. The molecule has 4 rings (SSSR count). The standard InChI is InChI=1S/C24H23N3O3/c1-2-3-7-17-12-14-19(15-13-17)26-23(18-8-6-9-20(16-18)27(29)30)25-22-11-5-4-10-21(22)24(26)28/h4-6,8-16,23,25H,2-3,7H2,1H3. The van der Waals surface area contributed by atoms with Crippen LogP contribution in [-0.2, 0) is 6.42 Å². The van der Waals surface area contributed by atoms with E-state index in [1.165, 1.54) is 17.7 Å². The van der Waals surface area contributed by atoms with Crippen LogP contribution < -0.4 is 10.2 Å². The highest BCUT2D eigenvalue weighted by atomic mass is 16.6. The van der Waals surface area contributed by atoms with E-state index in [1.54, 1.807) is 23.1 Å². The Morgan fingerprint density at radius 1 is 1.03 bits per heavy atom. The zero-order valence-electron chi connectivity index (χ0n) is 16.7. The number of anilines is 2. The van der Waals surface area contributed by atoms with E-state index in [1.807, 2.05) is 42.5 Å². The van der Waals surface area contributed by atoms with Crippen LogP contribution in [-0.4, -0.2) is 10.8 Å². The number of hydrogen-bond acceptors (Lipinski definition) is 4. The lowest BCUT2D eigenvalue weighted by atomic mass is 10.0. The van der Waals surface area contributed by atoms with Gasteiger partial charge in [-0.3, -0.25) is 19.8 Å². The summed E-state index contributed by atoms with van der Waals surface area (Å²) in [7, 11) is 0. The third-order valence-electron chi connectivity index (χ3n) is 5.36. The number of nitrogens with zero attached hydrogens (tertiary/aromatic N) is 2. The minimum absolute atomic E-state index is 0.00419. The molecule has 3 aromatic rings. The van der Waals surface area contributed by atoms with Crippen molar-refractivity contribution in [2.75, 3.05) is 10.2 Å². The molecule has 0 saturated heterocycles. The van der Waals surface area contributed by atoms with Crippen molar-refractivity contribution < 1.29 is 9.72 Å². The lowest BCUT2D eigenvalue weighted by molar-refractivity contribution is -0.384. The van der Waals surface area contributed by atoms with Crippen molar-refractivity contribution in [1.82, 2.24) is 0 Å². The number of nitro benzene ring substituents is 1. The summed E-state index contributed by atoms with van der Waals surface area (Å²) in [6.07, 6.45) is 2.70. The Morgan fingerprint density at radius 2 is 1.80 bits per heavy atom. The van der Waals surface area contributed by atoms with Gasteiger partial charge in [-0.1, -0.05) is 49.7 Å². The molecule has 0 saturated carbocycles. The smallest absolute Gasteiger partial charge is 0.269 e. The predicted octanol–water partition coefficient (Wildman–Crippen LogP) is 5.71. The number of nitrogens with one attached hydrogen (secondary N) is 1. The van der Waals surface area contributed by atoms with Gasteiger partial charge >= 0.3 is 0 Å². The third kappa shape index (κ3) is 3.76. The molecule has 1 heterocycles.